The van der Waals surface area contributed by atoms with E-state index in [-0.39, 0.29) is 83.9 Å². The van der Waals surface area contributed by atoms with Gasteiger partial charge in [-0.1, -0.05) is 30.3 Å². The van der Waals surface area contributed by atoms with E-state index in [0.717, 1.165) is 27.9 Å². The van der Waals surface area contributed by atoms with Gasteiger partial charge in [-0.3, -0.25) is 33.9 Å². The van der Waals surface area contributed by atoms with Crippen molar-refractivity contribution in [1.29, 1.82) is 0 Å². The van der Waals surface area contributed by atoms with Gasteiger partial charge in [0, 0.05) is 94.3 Å². The third-order valence-electron chi connectivity index (χ3n) is 10.2. The Bertz CT molecular complexity index is 2850. The summed E-state index contributed by atoms with van der Waals surface area (Å²) in [4.78, 5) is 94.6. The van der Waals surface area contributed by atoms with Crippen molar-refractivity contribution < 1.29 is 66.7 Å². The number of nitrogens with zero attached hydrogens (tertiary/aromatic N) is 5. The first-order chi connectivity index (χ1) is 33.8. The first-order valence-corrected chi connectivity index (χ1v) is 23.7. The van der Waals surface area contributed by atoms with Crippen molar-refractivity contribution in [2.24, 2.45) is 0 Å². The normalized spacial score (nSPS) is 12.3. The minimum Gasteiger partial charge on any atom is -0.748 e. The zero-order chi connectivity index (χ0) is 49.7. The number of rotatable bonds is 17. The topological polar surface area (TPSA) is 260 Å². The third-order valence-corrected chi connectivity index (χ3v) is 10.9. The van der Waals surface area contributed by atoms with Crippen molar-refractivity contribution in [2.45, 2.75) is 57.4 Å². The van der Waals surface area contributed by atoms with Gasteiger partial charge in [0.25, 0.3) is 11.8 Å². The molecular weight excluding hydrogens is 1110 g/mol. The number of benzene rings is 3. The molecule has 3 aromatic carbocycles. The number of imide groups is 1. The maximum Gasteiger partial charge on any atom is 0.333 e. The summed E-state index contributed by atoms with van der Waals surface area (Å²) >= 11 is 0. The molecule has 1 aliphatic rings. The second kappa shape index (κ2) is 27.5. The van der Waals surface area contributed by atoms with Gasteiger partial charge in [-0.25, -0.2) is 13.2 Å². The Morgan fingerprint density at radius 2 is 1.25 bits per heavy atom. The minimum absolute atomic E-state index is 0. The van der Waals surface area contributed by atoms with Crippen LogP contribution < -0.4 is 16.0 Å². The molecule has 8 rings (SSSR count). The number of hydrogen-bond acceptors (Lipinski definition) is 14. The Balaban J connectivity index is 0.000000300. The fraction of sp³-hybridized carbons (Fsp3) is 0.216. The molecule has 0 saturated carbocycles. The molecule has 18 nitrogen and oxygen atoms in total. The molecule has 71 heavy (non-hydrogen) atoms. The van der Waals surface area contributed by atoms with Crippen LogP contribution in [0.15, 0.2) is 140 Å². The van der Waals surface area contributed by atoms with Crippen LogP contribution in [0.1, 0.15) is 51.4 Å². The summed E-state index contributed by atoms with van der Waals surface area (Å²) < 4.78 is 34.1. The largest absolute Gasteiger partial charge is 0.748 e. The van der Waals surface area contributed by atoms with Crippen LogP contribution in [0.3, 0.4) is 0 Å². The number of carbonyl (C=O) groups excluding carboxylic acids is 6. The van der Waals surface area contributed by atoms with Crippen molar-refractivity contribution in [3.63, 3.8) is 0 Å². The van der Waals surface area contributed by atoms with Crippen LogP contribution >= 0.6 is 0 Å². The molecule has 7 aromatic rings. The molecule has 20 heteroatoms. The fourth-order valence-corrected chi connectivity index (χ4v) is 7.48. The van der Waals surface area contributed by atoms with Crippen molar-refractivity contribution >= 4 is 73.1 Å². The average molecular weight is 1160 g/mol. The van der Waals surface area contributed by atoms with Crippen molar-refractivity contribution in [3.05, 3.63) is 152 Å². The smallest absolute Gasteiger partial charge is 0.333 e. The van der Waals surface area contributed by atoms with Gasteiger partial charge in [0.1, 0.15) is 6.04 Å². The van der Waals surface area contributed by atoms with Crippen molar-refractivity contribution in [3.8, 4) is 22.5 Å². The van der Waals surface area contributed by atoms with Crippen LogP contribution in [0.5, 0.6) is 0 Å². The van der Waals surface area contributed by atoms with Gasteiger partial charge in [0.05, 0.1) is 32.6 Å². The van der Waals surface area contributed by atoms with Crippen LogP contribution in [0.2, 0.25) is 0 Å². The molecule has 1 radical (unpaired) electrons. The SMILES string of the molecule is O=C(CCCC(=O)NC(CS(=O)(=O)[O-])C(=O)NCCCCC(=O)ON1C(=O)CCC1=O)Nc1cc2cccnc2c2ncccc12.[Ir].[c-]1ccccc1-c1ccccn1.[c-]1ccccc1-c1ccccn1. The number of pyridine rings is 4. The van der Waals surface area contributed by atoms with Gasteiger partial charge in [0.15, 0.2) is 0 Å². The number of carbonyl (C=O) groups is 6. The summed E-state index contributed by atoms with van der Waals surface area (Å²) in [6, 6.07) is 40.9. The van der Waals surface area contributed by atoms with E-state index in [1.807, 2.05) is 91.0 Å². The first-order valence-electron chi connectivity index (χ1n) is 22.1. The quantitative estimate of drug-likeness (QED) is 0.0315. The van der Waals surface area contributed by atoms with Gasteiger partial charge < -0.3 is 35.3 Å². The third kappa shape index (κ3) is 17.4. The van der Waals surface area contributed by atoms with Crippen molar-refractivity contribution in [2.75, 3.05) is 17.6 Å². The molecule has 1 fully saturated rings. The second-order valence-corrected chi connectivity index (χ2v) is 16.9. The van der Waals surface area contributed by atoms with Gasteiger partial charge in [0.2, 0.25) is 17.7 Å². The van der Waals surface area contributed by atoms with Crippen LogP contribution in [-0.4, -0.2) is 91.8 Å². The molecule has 3 N–H and O–H groups in total. The zero-order valence-electron chi connectivity index (χ0n) is 38.0. The Hall–Kier alpha value is -7.64. The summed E-state index contributed by atoms with van der Waals surface area (Å²) in [5.74, 6) is -5.27. The van der Waals surface area contributed by atoms with E-state index < -0.39 is 51.5 Å². The predicted molar refractivity (Wildman–Crippen MR) is 257 cm³/mol. The maximum atomic E-state index is 12.7. The Labute approximate surface area is 423 Å². The van der Waals surface area contributed by atoms with Gasteiger partial charge in [-0.2, -0.15) is 0 Å². The van der Waals surface area contributed by atoms with Gasteiger partial charge in [-0.15, -0.1) is 76.9 Å². The number of anilines is 1. The molecule has 1 atom stereocenters. The van der Waals surface area contributed by atoms with E-state index in [2.05, 4.69) is 48.0 Å². The standard InChI is InChI=1S/C29H32N6O10S.2C11H8N.Ir/c36-22(33-20-16-18-6-4-14-30-27(18)28-19(20)7-5-15-31-28)8-3-9-23(37)34-21(17-46(42,43)44)29(41)32-13-2-1-10-26(40)45-35-24(38)11-12-25(35)39;2*1-2-6-10(7-3-1)11-8-4-5-9-12-11;/h4-7,14-16,21H,1-3,8-13,17H2,(H,32,41)(H,33,36)(H,34,37)(H,42,43,44);2*1-6,8-9H;/q;2*-1;/p-1. The fourth-order valence-electron chi connectivity index (χ4n) is 6.84. The molecule has 0 aliphatic carbocycles. The van der Waals surface area contributed by atoms with Gasteiger partial charge >= 0.3 is 5.97 Å². The van der Waals surface area contributed by atoms with Crippen LogP contribution in [0.4, 0.5) is 5.69 Å². The molecule has 4 aromatic heterocycles. The number of aromatic nitrogens is 4. The zero-order valence-corrected chi connectivity index (χ0v) is 41.2. The molecule has 5 heterocycles. The maximum absolute atomic E-state index is 12.7. The number of hydroxylamine groups is 2. The number of hydrogen-bond donors (Lipinski definition) is 3. The number of amides is 5. The molecule has 0 bridgehead atoms. The van der Waals surface area contributed by atoms with Crippen molar-refractivity contribution in [1.82, 2.24) is 35.6 Å². The molecule has 1 aliphatic heterocycles. The number of nitrogens with one attached hydrogen (secondary N) is 3. The Morgan fingerprint density at radius 3 is 1.83 bits per heavy atom. The number of fused-ring (bicyclic) bond motifs is 3. The second-order valence-electron chi connectivity index (χ2n) is 15.4. The van der Waals surface area contributed by atoms with E-state index in [9.17, 15) is 41.7 Å². The van der Waals surface area contributed by atoms with Crippen LogP contribution in [0.25, 0.3) is 44.3 Å². The average Bonchev–Trinajstić information content (AvgIpc) is 3.69. The summed E-state index contributed by atoms with van der Waals surface area (Å²) in [5, 5.41) is 9.33. The summed E-state index contributed by atoms with van der Waals surface area (Å²) in [5.41, 5.74) is 5.83. The predicted octanol–water partition coefficient (Wildman–Crippen LogP) is 5.91. The summed E-state index contributed by atoms with van der Waals surface area (Å²) in [7, 11) is -4.90. The Morgan fingerprint density at radius 1 is 0.676 bits per heavy atom. The van der Waals surface area contributed by atoms with E-state index >= 15 is 0 Å². The van der Waals surface area contributed by atoms with E-state index in [1.165, 1.54) is 0 Å². The molecule has 1 saturated heterocycles. The van der Waals surface area contributed by atoms with E-state index in [4.69, 9.17) is 4.84 Å². The first kappa shape index (κ1) is 54.3. The summed E-state index contributed by atoms with van der Waals surface area (Å²) in [6.45, 7) is -0.0336. The molecule has 0 spiro atoms. The van der Waals surface area contributed by atoms with Crippen LogP contribution in [0, 0.1) is 12.1 Å². The monoisotopic (exact) mass is 1160 g/mol. The molecule has 1 unspecified atom stereocenters. The Kier molecular flexibility index (Phi) is 21.1. The molecular formula is C51H47IrN8O10S-3. The number of unbranched alkanes of at least 4 members (excludes halogenated alkanes) is 1. The summed E-state index contributed by atoms with van der Waals surface area (Å²) in [6.07, 6.45) is 6.78. The van der Waals surface area contributed by atoms with E-state index in [0.29, 0.717) is 27.2 Å². The molecule has 369 valence electrons. The van der Waals surface area contributed by atoms with E-state index in [1.54, 1.807) is 49.1 Å². The minimum atomic E-state index is -4.90. The molecule has 5 amide bonds. The van der Waals surface area contributed by atoms with Gasteiger partial charge in [-0.05, 0) is 67.0 Å². The van der Waals surface area contributed by atoms with Crippen LogP contribution in [-0.2, 0) is 63.8 Å².